The highest BCUT2D eigenvalue weighted by Gasteiger charge is 2.18. The zero-order chi connectivity index (χ0) is 12.1. The molecule has 17 heavy (non-hydrogen) atoms. The zero-order valence-corrected chi connectivity index (χ0v) is 10.7. The largest absolute Gasteiger partial charge is 0.325 e. The molecule has 1 heterocycles. The third-order valence-electron chi connectivity index (χ3n) is 3.68. The van der Waals surface area contributed by atoms with E-state index in [1.54, 1.807) is 0 Å². The second-order valence-corrected chi connectivity index (χ2v) is 5.03. The predicted molar refractivity (Wildman–Crippen MR) is 70.5 cm³/mol. The van der Waals surface area contributed by atoms with Gasteiger partial charge in [-0.1, -0.05) is 25.3 Å². The number of nitrogens with zero attached hydrogens (tertiary/aromatic N) is 2. The van der Waals surface area contributed by atoms with Crippen LogP contribution in [0.1, 0.15) is 43.5 Å². The van der Waals surface area contributed by atoms with Crippen LogP contribution < -0.4 is 5.73 Å². The van der Waals surface area contributed by atoms with E-state index in [0.717, 1.165) is 24.0 Å². The number of nitrogens with two attached hydrogens (primary N) is 1. The molecule has 0 atom stereocenters. The fourth-order valence-electron chi connectivity index (χ4n) is 2.64. The van der Waals surface area contributed by atoms with Crippen LogP contribution >= 0.6 is 0 Å². The second-order valence-electron chi connectivity index (χ2n) is 5.03. The van der Waals surface area contributed by atoms with Gasteiger partial charge in [0.25, 0.3) is 0 Å². The average molecular weight is 233 g/mol. The van der Waals surface area contributed by atoms with Gasteiger partial charge in [-0.05, 0) is 32.0 Å². The summed E-state index contributed by atoms with van der Waals surface area (Å²) in [4.78, 5) is 7.01. The van der Waals surface area contributed by atoms with E-state index >= 15 is 0 Å². The lowest BCUT2D eigenvalue weighted by atomic mass is 9.94. The molecule has 2 rings (SSSR count). The summed E-state index contributed by atoms with van der Waals surface area (Å²) in [6, 6.07) is 6.88. The molecular weight excluding hydrogens is 210 g/mol. The maximum atomic E-state index is 5.62. The van der Waals surface area contributed by atoms with Gasteiger partial charge in [-0.2, -0.15) is 0 Å². The van der Waals surface area contributed by atoms with Crippen molar-refractivity contribution in [1.82, 2.24) is 9.88 Å². The molecule has 0 bridgehead atoms. The van der Waals surface area contributed by atoms with Crippen molar-refractivity contribution in [2.75, 3.05) is 7.05 Å². The Morgan fingerprint density at radius 2 is 1.94 bits per heavy atom. The average Bonchev–Trinajstić information content (AvgIpc) is 2.40. The lowest BCUT2D eigenvalue weighted by molar-refractivity contribution is 0.182. The van der Waals surface area contributed by atoms with Crippen LogP contribution in [0.5, 0.6) is 0 Å². The van der Waals surface area contributed by atoms with E-state index in [9.17, 15) is 0 Å². The summed E-state index contributed by atoms with van der Waals surface area (Å²) in [5.74, 6) is 0. The van der Waals surface area contributed by atoms with E-state index in [4.69, 9.17) is 5.73 Å². The van der Waals surface area contributed by atoms with E-state index in [1.165, 1.54) is 32.1 Å². The molecular formula is C14H23N3. The SMILES string of the molecule is CN(Cc1cccc(CN)n1)C1CCCCC1. The quantitative estimate of drug-likeness (QED) is 0.867. The molecule has 1 aliphatic rings. The summed E-state index contributed by atoms with van der Waals surface area (Å²) in [7, 11) is 2.22. The van der Waals surface area contributed by atoms with Gasteiger partial charge in [0.1, 0.15) is 0 Å². The molecule has 3 nitrogen and oxygen atoms in total. The third-order valence-corrected chi connectivity index (χ3v) is 3.68. The van der Waals surface area contributed by atoms with Crippen LogP contribution in [-0.4, -0.2) is 23.0 Å². The number of rotatable bonds is 4. The Bertz CT molecular complexity index is 345. The van der Waals surface area contributed by atoms with Crippen LogP contribution in [0.25, 0.3) is 0 Å². The molecule has 0 unspecified atom stereocenters. The number of pyridine rings is 1. The summed E-state index contributed by atoms with van der Waals surface area (Å²) in [6.07, 6.45) is 6.85. The van der Waals surface area contributed by atoms with Crippen molar-refractivity contribution < 1.29 is 0 Å². The van der Waals surface area contributed by atoms with Gasteiger partial charge >= 0.3 is 0 Å². The third kappa shape index (κ3) is 3.51. The molecule has 3 heteroatoms. The van der Waals surface area contributed by atoms with Crippen molar-refractivity contribution in [2.45, 2.75) is 51.2 Å². The summed E-state index contributed by atoms with van der Waals surface area (Å²) in [6.45, 7) is 1.47. The molecule has 1 fully saturated rings. The molecule has 0 amide bonds. The molecule has 0 radical (unpaired) electrons. The molecule has 1 saturated carbocycles. The lowest BCUT2D eigenvalue weighted by Crippen LogP contribution is -2.33. The number of hydrogen-bond donors (Lipinski definition) is 1. The van der Waals surface area contributed by atoms with Gasteiger partial charge in [0.05, 0.1) is 11.4 Å². The zero-order valence-electron chi connectivity index (χ0n) is 10.7. The van der Waals surface area contributed by atoms with Crippen molar-refractivity contribution in [1.29, 1.82) is 0 Å². The van der Waals surface area contributed by atoms with Gasteiger partial charge in [-0.25, -0.2) is 0 Å². The van der Waals surface area contributed by atoms with Crippen molar-refractivity contribution in [2.24, 2.45) is 5.73 Å². The van der Waals surface area contributed by atoms with E-state index in [0.29, 0.717) is 6.54 Å². The first kappa shape index (κ1) is 12.5. The molecule has 1 aromatic rings. The molecule has 0 saturated heterocycles. The highest BCUT2D eigenvalue weighted by molar-refractivity contribution is 5.11. The van der Waals surface area contributed by atoms with Gasteiger partial charge in [0.15, 0.2) is 0 Å². The van der Waals surface area contributed by atoms with E-state index in [1.807, 2.05) is 6.07 Å². The van der Waals surface area contributed by atoms with Gasteiger partial charge < -0.3 is 5.73 Å². The molecule has 0 aromatic carbocycles. The van der Waals surface area contributed by atoms with Crippen molar-refractivity contribution >= 4 is 0 Å². The Kier molecular flexibility index (Phi) is 4.51. The minimum atomic E-state index is 0.529. The van der Waals surface area contributed by atoms with Crippen molar-refractivity contribution in [3.05, 3.63) is 29.6 Å². The van der Waals surface area contributed by atoms with Crippen LogP contribution in [0.2, 0.25) is 0 Å². The Hall–Kier alpha value is -0.930. The van der Waals surface area contributed by atoms with Gasteiger partial charge in [-0.15, -0.1) is 0 Å². The monoisotopic (exact) mass is 233 g/mol. The summed E-state index contributed by atoms with van der Waals surface area (Å²) in [5, 5.41) is 0. The topological polar surface area (TPSA) is 42.1 Å². The standard InChI is InChI=1S/C14H23N3/c1-17(14-8-3-2-4-9-14)11-13-7-5-6-12(10-15)16-13/h5-7,14H,2-4,8-11,15H2,1H3. The van der Waals surface area contributed by atoms with E-state index in [2.05, 4.69) is 29.1 Å². The first-order valence-electron chi connectivity index (χ1n) is 6.64. The molecule has 0 aliphatic heterocycles. The molecule has 2 N–H and O–H groups in total. The van der Waals surface area contributed by atoms with Crippen LogP contribution in [0.3, 0.4) is 0 Å². The van der Waals surface area contributed by atoms with Crippen LogP contribution in [0, 0.1) is 0 Å². The van der Waals surface area contributed by atoms with Gasteiger partial charge in [0.2, 0.25) is 0 Å². The summed E-state index contributed by atoms with van der Waals surface area (Å²) >= 11 is 0. The van der Waals surface area contributed by atoms with Crippen molar-refractivity contribution in [3.63, 3.8) is 0 Å². The first-order chi connectivity index (χ1) is 8.29. The Morgan fingerprint density at radius 3 is 2.65 bits per heavy atom. The Morgan fingerprint density at radius 1 is 1.24 bits per heavy atom. The minimum Gasteiger partial charge on any atom is -0.325 e. The normalized spacial score (nSPS) is 17.6. The minimum absolute atomic E-state index is 0.529. The van der Waals surface area contributed by atoms with Gasteiger partial charge in [0, 0.05) is 19.1 Å². The molecule has 1 aromatic heterocycles. The van der Waals surface area contributed by atoms with Gasteiger partial charge in [-0.3, -0.25) is 9.88 Å². The fraction of sp³-hybridized carbons (Fsp3) is 0.643. The van der Waals surface area contributed by atoms with Crippen LogP contribution in [0.15, 0.2) is 18.2 Å². The highest BCUT2D eigenvalue weighted by atomic mass is 15.1. The smallest absolute Gasteiger partial charge is 0.0547 e. The first-order valence-corrected chi connectivity index (χ1v) is 6.64. The van der Waals surface area contributed by atoms with Crippen LogP contribution in [0.4, 0.5) is 0 Å². The van der Waals surface area contributed by atoms with Crippen LogP contribution in [-0.2, 0) is 13.1 Å². The molecule has 94 valence electrons. The molecule has 0 spiro atoms. The molecule has 1 aliphatic carbocycles. The predicted octanol–water partition coefficient (Wildman–Crippen LogP) is 2.30. The number of aromatic nitrogens is 1. The highest BCUT2D eigenvalue weighted by Crippen LogP contribution is 2.22. The number of hydrogen-bond acceptors (Lipinski definition) is 3. The Balaban J connectivity index is 1.94. The maximum Gasteiger partial charge on any atom is 0.0547 e. The van der Waals surface area contributed by atoms with E-state index < -0.39 is 0 Å². The fourth-order valence-corrected chi connectivity index (χ4v) is 2.64. The Labute approximate surface area is 104 Å². The maximum absolute atomic E-state index is 5.62. The summed E-state index contributed by atoms with van der Waals surface area (Å²) in [5.41, 5.74) is 7.74. The van der Waals surface area contributed by atoms with Crippen molar-refractivity contribution in [3.8, 4) is 0 Å². The lowest BCUT2D eigenvalue weighted by Gasteiger charge is -2.30. The summed E-state index contributed by atoms with van der Waals surface area (Å²) < 4.78 is 0. The second kappa shape index (κ2) is 6.12. The van der Waals surface area contributed by atoms with E-state index in [-0.39, 0.29) is 0 Å².